The molecule has 0 atom stereocenters. The van der Waals surface area contributed by atoms with Crippen molar-refractivity contribution in [1.82, 2.24) is 14.7 Å². The van der Waals surface area contributed by atoms with Crippen LogP contribution < -0.4 is 0 Å². The van der Waals surface area contributed by atoms with Crippen LogP contribution in [0.15, 0.2) is 54.7 Å². The fourth-order valence-corrected chi connectivity index (χ4v) is 3.98. The monoisotopic (exact) mass is 403 g/mol. The lowest BCUT2D eigenvalue weighted by Crippen LogP contribution is -2.41. The Kier molecular flexibility index (Phi) is 6.00. The number of para-hydroxylation sites is 1. The summed E-state index contributed by atoms with van der Waals surface area (Å²) in [5.74, 6) is 0.0420. The molecule has 2 aromatic carbocycles. The highest BCUT2D eigenvalue weighted by atomic mass is 16.5. The van der Waals surface area contributed by atoms with Gasteiger partial charge in [0.25, 0.3) is 5.91 Å². The molecule has 1 amide bonds. The average Bonchev–Trinajstić information content (AvgIpc) is 3.22. The van der Waals surface area contributed by atoms with E-state index in [0.717, 1.165) is 36.4 Å². The summed E-state index contributed by atoms with van der Waals surface area (Å²) in [7, 11) is 0. The molecule has 4 rings (SSSR count). The van der Waals surface area contributed by atoms with Crippen LogP contribution in [0.3, 0.4) is 0 Å². The Labute approximate surface area is 178 Å². The summed E-state index contributed by atoms with van der Waals surface area (Å²) in [6.07, 6.45) is 3.89. The fourth-order valence-electron chi connectivity index (χ4n) is 3.98. The number of piperidine rings is 1. The average molecular weight is 404 g/mol. The molecule has 1 aliphatic heterocycles. The van der Waals surface area contributed by atoms with E-state index in [1.165, 1.54) is 11.1 Å². The van der Waals surface area contributed by atoms with Gasteiger partial charge >= 0.3 is 0 Å². The molecule has 1 fully saturated rings. The van der Waals surface area contributed by atoms with Crippen molar-refractivity contribution in [2.45, 2.75) is 39.7 Å². The van der Waals surface area contributed by atoms with Gasteiger partial charge in [0, 0.05) is 31.5 Å². The van der Waals surface area contributed by atoms with Gasteiger partial charge in [0.2, 0.25) is 0 Å². The van der Waals surface area contributed by atoms with Crippen LogP contribution >= 0.6 is 0 Å². The molecule has 1 saturated heterocycles. The topological polar surface area (TPSA) is 47.4 Å². The van der Waals surface area contributed by atoms with E-state index in [0.29, 0.717) is 18.7 Å². The van der Waals surface area contributed by atoms with Crippen molar-refractivity contribution < 1.29 is 9.53 Å². The Bertz CT molecular complexity index is 1020. The van der Waals surface area contributed by atoms with Gasteiger partial charge in [-0.2, -0.15) is 5.10 Å². The Morgan fingerprint density at radius 1 is 1.07 bits per heavy atom. The molecule has 0 aliphatic carbocycles. The first-order valence-corrected chi connectivity index (χ1v) is 10.7. The van der Waals surface area contributed by atoms with Crippen LogP contribution in [0.2, 0.25) is 0 Å². The van der Waals surface area contributed by atoms with Crippen molar-refractivity contribution in [1.29, 1.82) is 0 Å². The lowest BCUT2D eigenvalue weighted by molar-refractivity contribution is 0.0146. The quantitative estimate of drug-likeness (QED) is 0.615. The molecule has 0 radical (unpaired) electrons. The molecule has 30 heavy (non-hydrogen) atoms. The van der Waals surface area contributed by atoms with E-state index in [-0.39, 0.29) is 12.0 Å². The van der Waals surface area contributed by atoms with Gasteiger partial charge in [0.15, 0.2) is 0 Å². The highest BCUT2D eigenvalue weighted by Crippen LogP contribution is 2.28. The number of aromatic nitrogens is 2. The molecule has 0 N–H and O–H groups in total. The van der Waals surface area contributed by atoms with E-state index in [1.807, 2.05) is 53.0 Å². The van der Waals surface area contributed by atoms with E-state index >= 15 is 0 Å². The number of benzene rings is 2. The maximum Gasteiger partial charge on any atom is 0.257 e. The van der Waals surface area contributed by atoms with Crippen molar-refractivity contribution in [3.63, 3.8) is 0 Å². The van der Waals surface area contributed by atoms with Crippen molar-refractivity contribution in [3.8, 4) is 16.9 Å². The van der Waals surface area contributed by atoms with Crippen LogP contribution in [-0.4, -0.2) is 46.4 Å². The maximum atomic E-state index is 13.5. The standard InChI is InChI=1S/C25H29N3O2/c1-4-30-22-12-14-27(15-13-22)25(29)23-17-28(21-8-6-5-7-9-21)26-24(23)20-11-10-18(2)19(3)16-20/h5-11,16-17,22H,4,12-15H2,1-3H3. The number of amides is 1. The van der Waals surface area contributed by atoms with Gasteiger partial charge in [0.1, 0.15) is 5.69 Å². The molecule has 2 heterocycles. The number of aryl methyl sites for hydroxylation is 2. The smallest absolute Gasteiger partial charge is 0.257 e. The van der Waals surface area contributed by atoms with E-state index in [2.05, 4.69) is 32.0 Å². The normalized spacial score (nSPS) is 14.8. The predicted octanol–water partition coefficient (Wildman–Crippen LogP) is 4.80. The summed E-state index contributed by atoms with van der Waals surface area (Å²) in [6.45, 7) is 8.35. The van der Waals surface area contributed by atoms with Crippen LogP contribution in [0.25, 0.3) is 16.9 Å². The van der Waals surface area contributed by atoms with Crippen LogP contribution in [0.4, 0.5) is 0 Å². The SMILES string of the molecule is CCOC1CCN(C(=O)c2cn(-c3ccccc3)nc2-c2ccc(C)c(C)c2)CC1. The van der Waals surface area contributed by atoms with E-state index < -0.39 is 0 Å². The third-order valence-electron chi connectivity index (χ3n) is 5.88. The van der Waals surface area contributed by atoms with E-state index in [1.54, 1.807) is 0 Å². The highest BCUT2D eigenvalue weighted by molar-refractivity contribution is 6.00. The molecule has 156 valence electrons. The molecule has 1 aromatic heterocycles. The summed E-state index contributed by atoms with van der Waals surface area (Å²) >= 11 is 0. The van der Waals surface area contributed by atoms with Gasteiger partial charge in [-0.3, -0.25) is 4.79 Å². The maximum absolute atomic E-state index is 13.5. The Hall–Kier alpha value is -2.92. The molecule has 3 aromatic rings. The molecule has 0 spiro atoms. The lowest BCUT2D eigenvalue weighted by atomic mass is 10.0. The second-order valence-electron chi connectivity index (χ2n) is 7.92. The zero-order valence-electron chi connectivity index (χ0n) is 18.0. The Morgan fingerprint density at radius 2 is 1.80 bits per heavy atom. The molecule has 0 saturated carbocycles. The number of ether oxygens (including phenoxy) is 1. The van der Waals surface area contributed by atoms with Crippen LogP contribution in [0.1, 0.15) is 41.3 Å². The number of nitrogens with zero attached hydrogens (tertiary/aromatic N) is 3. The first-order chi connectivity index (χ1) is 14.6. The van der Waals surface area contributed by atoms with Gasteiger partial charge in [-0.05, 0) is 62.9 Å². The number of rotatable bonds is 5. The van der Waals surface area contributed by atoms with Crippen LogP contribution in [0.5, 0.6) is 0 Å². The Morgan fingerprint density at radius 3 is 2.47 bits per heavy atom. The molecular weight excluding hydrogens is 374 g/mol. The summed E-state index contributed by atoms with van der Waals surface area (Å²) in [4.78, 5) is 15.4. The van der Waals surface area contributed by atoms with Gasteiger partial charge in [-0.15, -0.1) is 0 Å². The molecule has 0 bridgehead atoms. The zero-order chi connectivity index (χ0) is 21.1. The number of hydrogen-bond acceptors (Lipinski definition) is 3. The number of carbonyl (C=O) groups excluding carboxylic acids is 1. The van der Waals surface area contributed by atoms with Crippen molar-refractivity contribution >= 4 is 5.91 Å². The third-order valence-corrected chi connectivity index (χ3v) is 5.88. The van der Waals surface area contributed by atoms with Gasteiger partial charge < -0.3 is 9.64 Å². The summed E-state index contributed by atoms with van der Waals surface area (Å²) in [5, 5.41) is 4.83. The van der Waals surface area contributed by atoms with Gasteiger partial charge in [-0.1, -0.05) is 30.3 Å². The molecule has 0 unspecified atom stereocenters. The van der Waals surface area contributed by atoms with Crippen LogP contribution in [-0.2, 0) is 4.74 Å². The largest absolute Gasteiger partial charge is 0.378 e. The first-order valence-electron chi connectivity index (χ1n) is 10.7. The third kappa shape index (κ3) is 4.17. The van der Waals surface area contributed by atoms with Gasteiger partial charge in [0.05, 0.1) is 17.4 Å². The van der Waals surface area contributed by atoms with E-state index in [4.69, 9.17) is 9.84 Å². The van der Waals surface area contributed by atoms with Crippen molar-refractivity contribution in [2.75, 3.05) is 19.7 Å². The predicted molar refractivity (Wildman–Crippen MR) is 119 cm³/mol. The van der Waals surface area contributed by atoms with Crippen molar-refractivity contribution in [3.05, 3.63) is 71.4 Å². The minimum absolute atomic E-state index is 0.0420. The second kappa shape index (κ2) is 8.84. The summed E-state index contributed by atoms with van der Waals surface area (Å²) in [6, 6.07) is 16.2. The first kappa shape index (κ1) is 20.4. The van der Waals surface area contributed by atoms with Crippen molar-refractivity contribution in [2.24, 2.45) is 0 Å². The second-order valence-corrected chi connectivity index (χ2v) is 7.92. The Balaban J connectivity index is 1.69. The number of likely N-dealkylation sites (tertiary alicyclic amines) is 1. The van der Waals surface area contributed by atoms with E-state index in [9.17, 15) is 4.79 Å². The molecule has 5 nitrogen and oxygen atoms in total. The summed E-state index contributed by atoms with van der Waals surface area (Å²) in [5.41, 5.74) is 5.72. The fraction of sp³-hybridized carbons (Fsp3) is 0.360. The molecular formula is C25H29N3O2. The number of carbonyl (C=O) groups is 1. The zero-order valence-corrected chi connectivity index (χ0v) is 18.0. The van der Waals surface area contributed by atoms with Crippen LogP contribution in [0, 0.1) is 13.8 Å². The minimum Gasteiger partial charge on any atom is -0.378 e. The molecule has 1 aliphatic rings. The molecule has 5 heteroatoms. The van der Waals surface area contributed by atoms with Gasteiger partial charge in [-0.25, -0.2) is 4.68 Å². The minimum atomic E-state index is 0.0420. The highest BCUT2D eigenvalue weighted by Gasteiger charge is 2.27. The number of hydrogen-bond donors (Lipinski definition) is 0. The summed E-state index contributed by atoms with van der Waals surface area (Å²) < 4.78 is 7.55. The lowest BCUT2D eigenvalue weighted by Gasteiger charge is -2.31.